The fourth-order valence-corrected chi connectivity index (χ4v) is 3.40. The highest BCUT2D eigenvalue weighted by atomic mass is 16.2. The molecule has 1 fully saturated rings. The monoisotopic (exact) mass is 350 g/mol. The van der Waals surface area contributed by atoms with Crippen molar-refractivity contribution in [2.24, 2.45) is 5.92 Å². The van der Waals surface area contributed by atoms with E-state index in [4.69, 9.17) is 0 Å². The van der Waals surface area contributed by atoms with Crippen LogP contribution < -0.4 is 10.6 Å². The summed E-state index contributed by atoms with van der Waals surface area (Å²) >= 11 is 0. The van der Waals surface area contributed by atoms with E-state index in [1.54, 1.807) is 0 Å². The van der Waals surface area contributed by atoms with Crippen molar-refractivity contribution in [2.75, 3.05) is 6.54 Å². The zero-order valence-electron chi connectivity index (χ0n) is 15.3. The van der Waals surface area contributed by atoms with Gasteiger partial charge in [0.2, 0.25) is 11.8 Å². The highest BCUT2D eigenvalue weighted by Gasteiger charge is 2.22. The molecule has 0 aliphatic heterocycles. The second-order valence-electron chi connectivity index (χ2n) is 7.04. The van der Waals surface area contributed by atoms with E-state index in [-0.39, 0.29) is 24.3 Å². The minimum Gasteiger partial charge on any atom is -0.350 e. The van der Waals surface area contributed by atoms with Crippen molar-refractivity contribution >= 4 is 11.8 Å². The first-order valence-electron chi connectivity index (χ1n) is 9.32. The Morgan fingerprint density at radius 3 is 2.38 bits per heavy atom. The fraction of sp³-hybridized carbons (Fsp3) is 0.364. The van der Waals surface area contributed by atoms with Gasteiger partial charge in [0.15, 0.2) is 0 Å². The molecule has 136 valence electrons. The van der Waals surface area contributed by atoms with Crippen molar-refractivity contribution in [2.45, 2.75) is 39.2 Å². The van der Waals surface area contributed by atoms with Crippen molar-refractivity contribution in [1.29, 1.82) is 0 Å². The number of hydrogen-bond acceptors (Lipinski definition) is 2. The Bertz CT molecular complexity index is 762. The summed E-state index contributed by atoms with van der Waals surface area (Å²) in [6.45, 7) is 2.60. The van der Waals surface area contributed by atoms with E-state index in [1.165, 1.54) is 11.1 Å². The van der Waals surface area contributed by atoms with Crippen LogP contribution in [0.3, 0.4) is 0 Å². The molecule has 0 unspecified atom stereocenters. The zero-order chi connectivity index (χ0) is 18.4. The van der Waals surface area contributed by atoms with E-state index in [1.807, 2.05) is 12.1 Å². The molecule has 0 bridgehead atoms. The number of hydrogen-bond donors (Lipinski definition) is 2. The molecule has 0 radical (unpaired) electrons. The lowest BCUT2D eigenvalue weighted by molar-refractivity contribution is -0.128. The molecule has 1 aliphatic carbocycles. The summed E-state index contributed by atoms with van der Waals surface area (Å²) in [5.74, 6) is -0.0452. The van der Waals surface area contributed by atoms with Crippen LogP contribution in [0.2, 0.25) is 0 Å². The van der Waals surface area contributed by atoms with Gasteiger partial charge < -0.3 is 10.6 Å². The third-order valence-corrected chi connectivity index (χ3v) is 4.94. The Labute approximate surface area is 155 Å². The van der Waals surface area contributed by atoms with Crippen molar-refractivity contribution in [3.05, 3.63) is 59.7 Å². The lowest BCUT2D eigenvalue weighted by Gasteiger charge is -2.11. The van der Waals surface area contributed by atoms with E-state index in [2.05, 4.69) is 54.0 Å². The lowest BCUT2D eigenvalue weighted by atomic mass is 10.0. The van der Waals surface area contributed by atoms with Crippen molar-refractivity contribution < 1.29 is 9.59 Å². The summed E-state index contributed by atoms with van der Waals surface area (Å²) in [6.07, 6.45) is 4.12. The number of carbonyl (C=O) groups is 2. The standard InChI is InChI=1S/C22H26N2O2/c1-16-5-4-8-20(13-16)18-11-9-17(10-12-18)14-23-21(25)15-24-22(26)19-6-2-3-7-19/h4-5,8-13,19H,2-3,6-7,14-15H2,1H3,(H,23,25)(H,24,26). The van der Waals surface area contributed by atoms with Crippen molar-refractivity contribution in [1.82, 2.24) is 10.6 Å². The van der Waals surface area contributed by atoms with Crippen LogP contribution in [0.1, 0.15) is 36.8 Å². The second-order valence-corrected chi connectivity index (χ2v) is 7.04. The van der Waals surface area contributed by atoms with E-state index in [9.17, 15) is 9.59 Å². The van der Waals surface area contributed by atoms with Gasteiger partial charge in [0.05, 0.1) is 6.54 Å². The quantitative estimate of drug-likeness (QED) is 0.836. The first kappa shape index (κ1) is 18.2. The van der Waals surface area contributed by atoms with Gasteiger partial charge in [-0.2, -0.15) is 0 Å². The molecule has 2 aromatic rings. The van der Waals surface area contributed by atoms with Crippen LogP contribution in [0, 0.1) is 12.8 Å². The van der Waals surface area contributed by atoms with E-state index in [0.717, 1.165) is 36.8 Å². The maximum absolute atomic E-state index is 11.9. The van der Waals surface area contributed by atoms with Crippen LogP contribution in [-0.4, -0.2) is 18.4 Å². The lowest BCUT2D eigenvalue weighted by Crippen LogP contribution is -2.38. The molecule has 1 aliphatic rings. The third kappa shape index (κ3) is 4.94. The molecule has 0 saturated heterocycles. The first-order valence-corrected chi connectivity index (χ1v) is 9.32. The molecule has 4 nitrogen and oxygen atoms in total. The molecule has 2 amide bonds. The number of aryl methyl sites for hydroxylation is 1. The van der Waals surface area contributed by atoms with E-state index < -0.39 is 0 Å². The van der Waals surface area contributed by atoms with Crippen LogP contribution in [0.5, 0.6) is 0 Å². The molecule has 4 heteroatoms. The summed E-state index contributed by atoms with van der Waals surface area (Å²) in [5, 5.41) is 5.61. The molecular weight excluding hydrogens is 324 g/mol. The van der Waals surface area contributed by atoms with Gasteiger partial charge in [0.25, 0.3) is 0 Å². The van der Waals surface area contributed by atoms with E-state index in [0.29, 0.717) is 6.54 Å². The minimum absolute atomic E-state index is 0.0140. The molecule has 0 heterocycles. The summed E-state index contributed by atoms with van der Waals surface area (Å²) in [7, 11) is 0. The fourth-order valence-electron chi connectivity index (χ4n) is 3.40. The number of carbonyl (C=O) groups excluding carboxylic acids is 2. The number of nitrogens with one attached hydrogen (secondary N) is 2. The normalized spacial score (nSPS) is 14.2. The van der Waals surface area contributed by atoms with Crippen LogP contribution in [0.25, 0.3) is 11.1 Å². The minimum atomic E-state index is -0.154. The number of benzene rings is 2. The second kappa shape index (κ2) is 8.65. The maximum atomic E-state index is 11.9. The average Bonchev–Trinajstić information content (AvgIpc) is 3.20. The van der Waals surface area contributed by atoms with Gasteiger partial charge in [-0.1, -0.05) is 66.9 Å². The largest absolute Gasteiger partial charge is 0.350 e. The maximum Gasteiger partial charge on any atom is 0.239 e. The molecule has 0 spiro atoms. The predicted molar refractivity (Wildman–Crippen MR) is 103 cm³/mol. The van der Waals surface area contributed by atoms with Gasteiger partial charge in [-0.05, 0) is 36.5 Å². The highest BCUT2D eigenvalue weighted by molar-refractivity contribution is 5.85. The van der Waals surface area contributed by atoms with Gasteiger partial charge in [0, 0.05) is 12.5 Å². The Hall–Kier alpha value is -2.62. The summed E-state index contributed by atoms with van der Waals surface area (Å²) in [4.78, 5) is 23.9. The SMILES string of the molecule is Cc1cccc(-c2ccc(CNC(=O)CNC(=O)C3CCCC3)cc2)c1. The highest BCUT2D eigenvalue weighted by Crippen LogP contribution is 2.24. The van der Waals surface area contributed by atoms with Crippen molar-refractivity contribution in [3.63, 3.8) is 0 Å². The molecule has 26 heavy (non-hydrogen) atoms. The van der Waals surface area contributed by atoms with Gasteiger partial charge in [-0.25, -0.2) is 0 Å². The molecule has 0 atom stereocenters. The Kier molecular flexibility index (Phi) is 6.05. The topological polar surface area (TPSA) is 58.2 Å². The Morgan fingerprint density at radius 2 is 1.69 bits per heavy atom. The van der Waals surface area contributed by atoms with Crippen molar-refractivity contribution in [3.8, 4) is 11.1 Å². The van der Waals surface area contributed by atoms with Gasteiger partial charge in [-0.15, -0.1) is 0 Å². The molecule has 1 saturated carbocycles. The average molecular weight is 350 g/mol. The van der Waals surface area contributed by atoms with Gasteiger partial charge in [0.1, 0.15) is 0 Å². The first-order chi connectivity index (χ1) is 12.6. The van der Waals surface area contributed by atoms with Crippen LogP contribution in [0.4, 0.5) is 0 Å². The van der Waals surface area contributed by atoms with Crippen LogP contribution in [0.15, 0.2) is 48.5 Å². The van der Waals surface area contributed by atoms with Gasteiger partial charge in [-0.3, -0.25) is 9.59 Å². The molecule has 2 aromatic carbocycles. The Morgan fingerprint density at radius 1 is 0.962 bits per heavy atom. The summed E-state index contributed by atoms with van der Waals surface area (Å²) in [6, 6.07) is 16.6. The summed E-state index contributed by atoms with van der Waals surface area (Å²) < 4.78 is 0. The Balaban J connectivity index is 1.45. The summed E-state index contributed by atoms with van der Waals surface area (Å²) in [5.41, 5.74) is 4.62. The molecule has 2 N–H and O–H groups in total. The smallest absolute Gasteiger partial charge is 0.239 e. The number of amides is 2. The third-order valence-electron chi connectivity index (χ3n) is 4.94. The number of rotatable bonds is 6. The van der Waals surface area contributed by atoms with Gasteiger partial charge >= 0.3 is 0 Å². The van der Waals surface area contributed by atoms with Crippen LogP contribution >= 0.6 is 0 Å². The molecular formula is C22H26N2O2. The molecule has 0 aromatic heterocycles. The van der Waals surface area contributed by atoms with Crippen LogP contribution in [-0.2, 0) is 16.1 Å². The molecule has 3 rings (SSSR count). The zero-order valence-corrected chi connectivity index (χ0v) is 15.3. The van der Waals surface area contributed by atoms with E-state index >= 15 is 0 Å². The predicted octanol–water partition coefficient (Wildman–Crippen LogP) is 3.58.